The lowest BCUT2D eigenvalue weighted by Gasteiger charge is -2.30. The van der Waals surface area contributed by atoms with E-state index < -0.39 is 0 Å². The van der Waals surface area contributed by atoms with E-state index in [-0.39, 0.29) is 17.3 Å². The third kappa shape index (κ3) is 3.51. The highest BCUT2D eigenvalue weighted by atomic mass is 19.1. The Hall–Kier alpha value is -1.09. The zero-order chi connectivity index (χ0) is 11.5. The van der Waals surface area contributed by atoms with Gasteiger partial charge in [0.2, 0.25) is 0 Å². The van der Waals surface area contributed by atoms with Crippen LogP contribution in [0.15, 0.2) is 24.3 Å². The van der Waals surface area contributed by atoms with Gasteiger partial charge in [0, 0.05) is 12.0 Å². The van der Waals surface area contributed by atoms with Crippen LogP contribution in [-0.2, 0) is 0 Å². The maximum atomic E-state index is 12.7. The Balaban J connectivity index is 2.71. The van der Waals surface area contributed by atoms with Crippen molar-refractivity contribution in [3.05, 3.63) is 30.1 Å². The van der Waals surface area contributed by atoms with Crippen LogP contribution in [-0.4, -0.2) is 12.6 Å². The fraction of sp³-hybridized carbons (Fsp3) is 0.500. The van der Waals surface area contributed by atoms with Crippen LogP contribution in [0.5, 0.6) is 5.75 Å². The second kappa shape index (κ2) is 4.62. The molecule has 3 heteroatoms. The Morgan fingerprint density at radius 1 is 1.27 bits per heavy atom. The summed E-state index contributed by atoms with van der Waals surface area (Å²) in [5.41, 5.74) is 5.61. The van der Waals surface area contributed by atoms with E-state index >= 15 is 0 Å². The zero-order valence-electron chi connectivity index (χ0n) is 9.46. The maximum absolute atomic E-state index is 12.7. The molecule has 15 heavy (non-hydrogen) atoms. The molecular formula is C12H18FNO. The van der Waals surface area contributed by atoms with Crippen molar-refractivity contribution in [1.29, 1.82) is 0 Å². The standard InChI is InChI=1S/C12H18FNO/c1-12(2,3)11(8-14)15-10-6-4-9(13)5-7-10/h4-7,11H,8,14H2,1-3H3. The summed E-state index contributed by atoms with van der Waals surface area (Å²) in [5.74, 6) is 0.393. The fourth-order valence-corrected chi connectivity index (χ4v) is 1.26. The van der Waals surface area contributed by atoms with Crippen molar-refractivity contribution in [2.24, 2.45) is 11.1 Å². The van der Waals surface area contributed by atoms with E-state index in [9.17, 15) is 4.39 Å². The van der Waals surface area contributed by atoms with Gasteiger partial charge in [-0.15, -0.1) is 0 Å². The molecule has 0 saturated carbocycles. The predicted octanol–water partition coefficient (Wildman–Crippen LogP) is 2.58. The molecule has 0 spiro atoms. The molecule has 0 saturated heterocycles. The van der Waals surface area contributed by atoms with Gasteiger partial charge in [-0.3, -0.25) is 0 Å². The Bertz CT molecular complexity index is 302. The van der Waals surface area contributed by atoms with Crippen molar-refractivity contribution in [3.63, 3.8) is 0 Å². The van der Waals surface area contributed by atoms with Gasteiger partial charge >= 0.3 is 0 Å². The zero-order valence-corrected chi connectivity index (χ0v) is 9.46. The fourth-order valence-electron chi connectivity index (χ4n) is 1.26. The first-order valence-electron chi connectivity index (χ1n) is 5.06. The monoisotopic (exact) mass is 211 g/mol. The summed E-state index contributed by atoms with van der Waals surface area (Å²) in [7, 11) is 0. The minimum absolute atomic E-state index is 0.0247. The van der Waals surface area contributed by atoms with E-state index in [4.69, 9.17) is 10.5 Å². The number of ether oxygens (including phenoxy) is 1. The van der Waals surface area contributed by atoms with Crippen molar-refractivity contribution in [1.82, 2.24) is 0 Å². The second-order valence-electron chi connectivity index (χ2n) is 4.66. The van der Waals surface area contributed by atoms with Gasteiger partial charge in [0.05, 0.1) is 0 Å². The number of halogens is 1. The molecule has 84 valence electrons. The van der Waals surface area contributed by atoms with Crippen LogP contribution in [0.3, 0.4) is 0 Å². The van der Waals surface area contributed by atoms with Crippen molar-refractivity contribution in [2.75, 3.05) is 6.54 Å². The average Bonchev–Trinajstić information content (AvgIpc) is 2.15. The predicted molar refractivity (Wildman–Crippen MR) is 59.3 cm³/mol. The number of nitrogens with two attached hydrogens (primary N) is 1. The number of hydrogen-bond donors (Lipinski definition) is 1. The first-order chi connectivity index (χ1) is 6.93. The molecule has 0 bridgehead atoms. The first kappa shape index (κ1) is 12.0. The molecule has 2 nitrogen and oxygen atoms in total. The second-order valence-corrected chi connectivity index (χ2v) is 4.66. The summed E-state index contributed by atoms with van der Waals surface area (Å²) < 4.78 is 18.4. The lowest BCUT2D eigenvalue weighted by Crippen LogP contribution is -2.38. The van der Waals surface area contributed by atoms with Gasteiger partial charge in [0.25, 0.3) is 0 Å². The summed E-state index contributed by atoms with van der Waals surface area (Å²) in [6, 6.07) is 5.99. The van der Waals surface area contributed by atoms with Crippen LogP contribution in [0.2, 0.25) is 0 Å². The number of hydrogen-bond acceptors (Lipinski definition) is 2. The lowest BCUT2D eigenvalue weighted by atomic mass is 9.89. The molecule has 0 fully saturated rings. The van der Waals surface area contributed by atoms with Gasteiger partial charge in [-0.25, -0.2) is 4.39 Å². The van der Waals surface area contributed by atoms with Crippen LogP contribution < -0.4 is 10.5 Å². The van der Waals surface area contributed by atoms with E-state index in [1.54, 1.807) is 12.1 Å². The molecule has 0 amide bonds. The Morgan fingerprint density at radius 3 is 2.20 bits per heavy atom. The highest BCUT2D eigenvalue weighted by molar-refractivity contribution is 5.22. The first-order valence-corrected chi connectivity index (χ1v) is 5.06. The van der Waals surface area contributed by atoms with Crippen LogP contribution in [0.25, 0.3) is 0 Å². The molecular weight excluding hydrogens is 193 g/mol. The Kier molecular flexibility index (Phi) is 3.69. The quantitative estimate of drug-likeness (QED) is 0.834. The minimum Gasteiger partial charge on any atom is -0.489 e. The molecule has 0 radical (unpaired) electrons. The minimum atomic E-state index is -0.262. The summed E-state index contributed by atoms with van der Waals surface area (Å²) >= 11 is 0. The van der Waals surface area contributed by atoms with Gasteiger partial charge in [-0.05, 0) is 24.3 Å². The van der Waals surface area contributed by atoms with Crippen molar-refractivity contribution in [3.8, 4) is 5.75 Å². The highest BCUT2D eigenvalue weighted by Gasteiger charge is 2.24. The maximum Gasteiger partial charge on any atom is 0.123 e. The van der Waals surface area contributed by atoms with Crippen LogP contribution in [0.4, 0.5) is 4.39 Å². The molecule has 0 aliphatic heterocycles. The molecule has 2 N–H and O–H groups in total. The molecule has 0 aromatic heterocycles. The lowest BCUT2D eigenvalue weighted by molar-refractivity contribution is 0.0941. The molecule has 1 rings (SSSR count). The molecule has 1 atom stereocenters. The Morgan fingerprint density at radius 2 is 1.80 bits per heavy atom. The van der Waals surface area contributed by atoms with Gasteiger partial charge < -0.3 is 10.5 Å². The summed E-state index contributed by atoms with van der Waals surface area (Å²) in [5, 5.41) is 0. The van der Waals surface area contributed by atoms with Crippen molar-refractivity contribution >= 4 is 0 Å². The van der Waals surface area contributed by atoms with E-state index in [1.807, 2.05) is 0 Å². The van der Waals surface area contributed by atoms with E-state index in [0.29, 0.717) is 12.3 Å². The molecule has 0 aliphatic rings. The van der Waals surface area contributed by atoms with E-state index in [1.165, 1.54) is 12.1 Å². The third-order valence-electron chi connectivity index (χ3n) is 2.27. The van der Waals surface area contributed by atoms with Gasteiger partial charge in [0.1, 0.15) is 17.7 Å². The van der Waals surface area contributed by atoms with Gasteiger partial charge in [0.15, 0.2) is 0 Å². The molecule has 0 aliphatic carbocycles. The molecule has 0 heterocycles. The van der Waals surface area contributed by atoms with E-state index in [0.717, 1.165) is 0 Å². The van der Waals surface area contributed by atoms with Crippen LogP contribution >= 0.6 is 0 Å². The smallest absolute Gasteiger partial charge is 0.123 e. The topological polar surface area (TPSA) is 35.2 Å². The largest absolute Gasteiger partial charge is 0.489 e. The SMILES string of the molecule is CC(C)(C)C(CN)Oc1ccc(F)cc1. The summed E-state index contributed by atoms with van der Waals surface area (Å²) in [4.78, 5) is 0. The highest BCUT2D eigenvalue weighted by Crippen LogP contribution is 2.24. The van der Waals surface area contributed by atoms with Crippen molar-refractivity contribution in [2.45, 2.75) is 26.9 Å². The van der Waals surface area contributed by atoms with E-state index in [2.05, 4.69) is 20.8 Å². The number of rotatable bonds is 3. The summed E-state index contributed by atoms with van der Waals surface area (Å²) in [6.07, 6.45) is -0.0667. The number of benzene rings is 1. The Labute approximate surface area is 90.2 Å². The van der Waals surface area contributed by atoms with Crippen LogP contribution in [0.1, 0.15) is 20.8 Å². The molecule has 1 aromatic carbocycles. The molecule has 1 unspecified atom stereocenters. The molecule has 1 aromatic rings. The van der Waals surface area contributed by atoms with Crippen LogP contribution in [0, 0.1) is 11.2 Å². The average molecular weight is 211 g/mol. The van der Waals surface area contributed by atoms with Gasteiger partial charge in [-0.2, -0.15) is 0 Å². The summed E-state index contributed by atoms with van der Waals surface area (Å²) in [6.45, 7) is 6.64. The third-order valence-corrected chi connectivity index (χ3v) is 2.27. The van der Waals surface area contributed by atoms with Gasteiger partial charge in [-0.1, -0.05) is 20.8 Å². The van der Waals surface area contributed by atoms with Crippen molar-refractivity contribution < 1.29 is 9.13 Å². The normalized spacial score (nSPS) is 13.7.